The Kier molecular flexibility index (Phi) is 4.27. The number of para-hydroxylation sites is 1. The van der Waals surface area contributed by atoms with Gasteiger partial charge in [0.15, 0.2) is 0 Å². The third kappa shape index (κ3) is 3.11. The van der Waals surface area contributed by atoms with Crippen LogP contribution in [-0.2, 0) is 4.79 Å². The minimum Gasteiger partial charge on any atom is -0.459 e. The van der Waals surface area contributed by atoms with E-state index < -0.39 is 6.04 Å². The molecule has 1 N–H and O–H groups in total. The number of rotatable bonds is 5. The van der Waals surface area contributed by atoms with Gasteiger partial charge in [-0.2, -0.15) is 5.10 Å². The third-order valence-corrected chi connectivity index (χ3v) is 4.45. The van der Waals surface area contributed by atoms with E-state index in [1.165, 1.54) is 0 Å². The van der Waals surface area contributed by atoms with Gasteiger partial charge in [0.05, 0.1) is 0 Å². The van der Waals surface area contributed by atoms with Crippen LogP contribution in [0.3, 0.4) is 0 Å². The fourth-order valence-corrected chi connectivity index (χ4v) is 3.00. The van der Waals surface area contributed by atoms with Gasteiger partial charge >= 0.3 is 0 Å². The highest BCUT2D eigenvalue weighted by atomic mass is 16.3. The lowest BCUT2D eigenvalue weighted by Crippen LogP contribution is -2.34. The first-order valence-electron chi connectivity index (χ1n) is 8.55. The zero-order valence-electron chi connectivity index (χ0n) is 14.4. The van der Waals surface area contributed by atoms with Gasteiger partial charge in [-0.3, -0.25) is 9.48 Å². The molecule has 4 aromatic rings. The van der Waals surface area contributed by atoms with E-state index >= 15 is 0 Å². The Morgan fingerprint density at radius 3 is 2.58 bits per heavy atom. The molecule has 4 rings (SSSR count). The molecule has 0 bridgehead atoms. The van der Waals surface area contributed by atoms with Crippen LogP contribution < -0.4 is 5.32 Å². The van der Waals surface area contributed by atoms with Crippen molar-refractivity contribution in [2.45, 2.75) is 19.0 Å². The number of fused-ring (bicyclic) bond motifs is 1. The Hall–Kier alpha value is -3.34. The highest BCUT2D eigenvalue weighted by Crippen LogP contribution is 2.28. The van der Waals surface area contributed by atoms with E-state index in [2.05, 4.69) is 10.4 Å². The molecule has 130 valence electrons. The van der Waals surface area contributed by atoms with E-state index in [9.17, 15) is 4.79 Å². The Morgan fingerprint density at radius 2 is 1.85 bits per heavy atom. The minimum atomic E-state index is -0.416. The average Bonchev–Trinajstić information content (AvgIpc) is 3.35. The third-order valence-electron chi connectivity index (χ3n) is 4.45. The van der Waals surface area contributed by atoms with Gasteiger partial charge < -0.3 is 9.73 Å². The summed E-state index contributed by atoms with van der Waals surface area (Å²) in [6, 6.07) is 20.7. The molecule has 0 spiro atoms. The molecule has 26 heavy (non-hydrogen) atoms. The van der Waals surface area contributed by atoms with Gasteiger partial charge in [-0.25, -0.2) is 0 Å². The zero-order chi connectivity index (χ0) is 17.9. The molecule has 2 aromatic carbocycles. The number of aromatic nitrogens is 2. The van der Waals surface area contributed by atoms with Crippen molar-refractivity contribution < 1.29 is 9.21 Å². The van der Waals surface area contributed by atoms with Gasteiger partial charge in [-0.15, -0.1) is 0 Å². The smallest absolute Gasteiger partial charge is 0.245 e. The van der Waals surface area contributed by atoms with Crippen molar-refractivity contribution in [1.82, 2.24) is 15.1 Å². The van der Waals surface area contributed by atoms with Crippen molar-refractivity contribution in [3.63, 3.8) is 0 Å². The summed E-state index contributed by atoms with van der Waals surface area (Å²) in [6.45, 7) is 1.82. The zero-order valence-corrected chi connectivity index (χ0v) is 14.4. The van der Waals surface area contributed by atoms with Crippen molar-refractivity contribution in [3.05, 3.63) is 90.4 Å². The molecule has 0 aliphatic carbocycles. The quantitative estimate of drug-likeness (QED) is 0.592. The molecule has 0 unspecified atom stereocenters. The second kappa shape index (κ2) is 6.88. The fourth-order valence-electron chi connectivity index (χ4n) is 3.00. The van der Waals surface area contributed by atoms with Crippen LogP contribution >= 0.6 is 0 Å². The molecule has 0 saturated carbocycles. The normalized spacial score (nSPS) is 13.4. The molecule has 1 amide bonds. The summed E-state index contributed by atoms with van der Waals surface area (Å²) in [7, 11) is 0. The summed E-state index contributed by atoms with van der Waals surface area (Å²) in [6.07, 6.45) is 3.45. The van der Waals surface area contributed by atoms with Gasteiger partial charge in [0.25, 0.3) is 0 Å². The van der Waals surface area contributed by atoms with Crippen molar-refractivity contribution in [3.8, 4) is 0 Å². The van der Waals surface area contributed by atoms with Gasteiger partial charge in [-0.05, 0) is 30.7 Å². The Balaban J connectivity index is 1.68. The summed E-state index contributed by atoms with van der Waals surface area (Å²) in [5, 5.41) is 8.27. The van der Waals surface area contributed by atoms with Crippen LogP contribution in [-0.4, -0.2) is 15.7 Å². The first-order valence-corrected chi connectivity index (χ1v) is 8.55. The molecular formula is C21H19N3O2. The summed E-state index contributed by atoms with van der Waals surface area (Å²) < 4.78 is 7.65. The summed E-state index contributed by atoms with van der Waals surface area (Å²) in [5.74, 6) is 0.585. The number of furan rings is 1. The van der Waals surface area contributed by atoms with Crippen molar-refractivity contribution in [1.29, 1.82) is 0 Å². The first kappa shape index (κ1) is 16.1. The number of benzene rings is 2. The van der Waals surface area contributed by atoms with E-state index in [1.807, 2.05) is 67.6 Å². The molecular weight excluding hydrogens is 326 g/mol. The van der Waals surface area contributed by atoms with Gasteiger partial charge in [0.2, 0.25) is 5.91 Å². The molecule has 2 atom stereocenters. The number of amides is 1. The van der Waals surface area contributed by atoms with E-state index in [0.717, 1.165) is 16.5 Å². The number of carbonyl (C=O) groups is 1. The molecule has 0 aliphatic heterocycles. The van der Waals surface area contributed by atoms with Gasteiger partial charge in [0.1, 0.15) is 23.4 Å². The van der Waals surface area contributed by atoms with Gasteiger partial charge in [-0.1, -0.05) is 48.5 Å². The predicted octanol–water partition coefficient (Wildman–Crippen LogP) is 4.10. The topological polar surface area (TPSA) is 60.1 Å². The van der Waals surface area contributed by atoms with Gasteiger partial charge in [0, 0.05) is 17.8 Å². The van der Waals surface area contributed by atoms with E-state index in [0.29, 0.717) is 5.76 Å². The molecule has 0 fully saturated rings. The first-order chi connectivity index (χ1) is 12.7. The maximum absolute atomic E-state index is 12.8. The number of carbonyl (C=O) groups excluding carboxylic acids is 1. The molecule has 2 heterocycles. The fraction of sp³-hybridized carbons (Fsp3) is 0.143. The molecule has 0 saturated heterocycles. The van der Waals surface area contributed by atoms with Crippen LogP contribution in [0, 0.1) is 0 Å². The van der Waals surface area contributed by atoms with Crippen molar-refractivity contribution in [2.24, 2.45) is 0 Å². The highest BCUT2D eigenvalue weighted by Gasteiger charge is 2.24. The maximum atomic E-state index is 12.8. The largest absolute Gasteiger partial charge is 0.459 e. The van der Waals surface area contributed by atoms with E-state index in [-0.39, 0.29) is 11.9 Å². The molecule has 0 aliphatic rings. The van der Waals surface area contributed by atoms with Crippen molar-refractivity contribution >= 4 is 16.9 Å². The van der Waals surface area contributed by atoms with Crippen LogP contribution in [0.25, 0.3) is 11.0 Å². The van der Waals surface area contributed by atoms with Crippen LogP contribution in [0.2, 0.25) is 0 Å². The number of nitrogens with zero attached hydrogens (tertiary/aromatic N) is 2. The molecule has 2 aromatic heterocycles. The van der Waals surface area contributed by atoms with Crippen LogP contribution in [0.4, 0.5) is 0 Å². The van der Waals surface area contributed by atoms with Crippen LogP contribution in [0.15, 0.2) is 83.5 Å². The predicted molar refractivity (Wildman–Crippen MR) is 99.6 cm³/mol. The second-order valence-electron chi connectivity index (χ2n) is 6.20. The second-order valence-corrected chi connectivity index (χ2v) is 6.20. The lowest BCUT2D eigenvalue weighted by molar-refractivity contribution is -0.124. The monoisotopic (exact) mass is 345 g/mol. The standard InChI is InChI=1S/C21H19N3O2/c1-15(24-13-7-12-22-24)21(25)23-20(16-8-3-2-4-9-16)19-14-17-10-5-6-11-18(17)26-19/h2-15,20H,1H3,(H,23,25)/t15-,20-/m0/s1. The van der Waals surface area contributed by atoms with Crippen LogP contribution in [0.1, 0.15) is 30.3 Å². The minimum absolute atomic E-state index is 0.122. The molecule has 5 heteroatoms. The number of hydrogen-bond acceptors (Lipinski definition) is 3. The SMILES string of the molecule is C[C@@H](C(=O)N[C@@H](c1ccccc1)c1cc2ccccc2o1)n1cccn1. The van der Waals surface area contributed by atoms with Crippen molar-refractivity contribution in [2.75, 3.05) is 0 Å². The Bertz CT molecular complexity index is 973. The highest BCUT2D eigenvalue weighted by molar-refractivity contribution is 5.81. The Morgan fingerprint density at radius 1 is 1.08 bits per heavy atom. The maximum Gasteiger partial charge on any atom is 0.245 e. The lowest BCUT2D eigenvalue weighted by Gasteiger charge is -2.20. The molecule has 0 radical (unpaired) electrons. The summed E-state index contributed by atoms with van der Waals surface area (Å²) >= 11 is 0. The summed E-state index contributed by atoms with van der Waals surface area (Å²) in [4.78, 5) is 12.8. The Labute approximate surface area is 151 Å². The number of hydrogen-bond donors (Lipinski definition) is 1. The lowest BCUT2D eigenvalue weighted by atomic mass is 10.0. The number of nitrogens with one attached hydrogen (secondary N) is 1. The van der Waals surface area contributed by atoms with E-state index in [4.69, 9.17) is 4.42 Å². The van der Waals surface area contributed by atoms with Crippen LogP contribution in [0.5, 0.6) is 0 Å². The summed E-state index contributed by atoms with van der Waals surface area (Å²) in [5.41, 5.74) is 1.77. The van der Waals surface area contributed by atoms with E-state index in [1.54, 1.807) is 23.1 Å². The average molecular weight is 345 g/mol. The molecule has 5 nitrogen and oxygen atoms in total.